The first-order valence-electron chi connectivity index (χ1n) is 7.77. The quantitative estimate of drug-likeness (QED) is 0.328. The fraction of sp³-hybridized carbons (Fsp3) is 0. The summed E-state index contributed by atoms with van der Waals surface area (Å²) in [5, 5.41) is 11.4. The van der Waals surface area contributed by atoms with E-state index in [0.29, 0.717) is 27.1 Å². The van der Waals surface area contributed by atoms with E-state index in [0.717, 1.165) is 14.9 Å². The average molecular weight is 345 g/mol. The lowest BCUT2D eigenvalue weighted by Gasteiger charge is -2.07. The highest BCUT2D eigenvalue weighted by molar-refractivity contribution is 7.24. The Kier molecular flexibility index (Phi) is 2.79. The predicted octanol–water partition coefficient (Wildman–Crippen LogP) is 4.12. The highest BCUT2D eigenvalue weighted by atomic mass is 32.1. The van der Waals surface area contributed by atoms with Crippen LogP contribution < -0.4 is 10.9 Å². The van der Waals surface area contributed by atoms with Gasteiger partial charge in [0, 0.05) is 16.2 Å². The van der Waals surface area contributed by atoms with Gasteiger partial charge in [0.25, 0.3) is 0 Å². The Hall–Kier alpha value is -3.18. The molecule has 120 valence electrons. The maximum absolute atomic E-state index is 13.1. The van der Waals surface area contributed by atoms with Gasteiger partial charge in [0.15, 0.2) is 10.9 Å². The van der Waals surface area contributed by atoms with Crippen molar-refractivity contribution in [3.63, 3.8) is 0 Å². The fourth-order valence-corrected chi connectivity index (χ4v) is 4.37. The first-order chi connectivity index (χ1) is 12.1. The summed E-state index contributed by atoms with van der Waals surface area (Å²) in [6.07, 6.45) is 0. The van der Waals surface area contributed by atoms with E-state index in [1.807, 2.05) is 6.07 Å². The summed E-state index contributed by atoms with van der Waals surface area (Å²) in [5.41, 5.74) is 1.20. The van der Waals surface area contributed by atoms with Crippen LogP contribution in [0.5, 0.6) is 5.75 Å². The zero-order chi connectivity index (χ0) is 17.1. The van der Waals surface area contributed by atoms with Crippen molar-refractivity contribution >= 4 is 53.3 Å². The molecule has 0 radical (unpaired) electrons. The molecule has 0 amide bonds. The summed E-state index contributed by atoms with van der Waals surface area (Å²) < 4.78 is 1.74. The zero-order valence-corrected chi connectivity index (χ0v) is 13.7. The smallest absolute Gasteiger partial charge is 0.196 e. The van der Waals surface area contributed by atoms with Crippen molar-refractivity contribution in [2.75, 3.05) is 0 Å². The van der Waals surface area contributed by atoms with E-state index < -0.39 is 0 Å². The van der Waals surface area contributed by atoms with Crippen molar-refractivity contribution in [3.8, 4) is 5.75 Å². The van der Waals surface area contributed by atoms with E-state index >= 15 is 0 Å². The monoisotopic (exact) mass is 345 g/mol. The Morgan fingerprint density at radius 3 is 2.36 bits per heavy atom. The number of aromatic hydroxyl groups is 1. The first-order valence-corrected chi connectivity index (χ1v) is 8.58. The largest absolute Gasteiger partial charge is 0.508 e. The summed E-state index contributed by atoms with van der Waals surface area (Å²) >= 11 is 1.47. The third kappa shape index (κ3) is 1.93. The minimum atomic E-state index is -0.141. The maximum Gasteiger partial charge on any atom is 0.196 e. The molecule has 0 fully saturated rings. The number of hydrogen-bond acceptors (Lipinski definition) is 4. The second kappa shape index (κ2) is 4.91. The van der Waals surface area contributed by atoms with Crippen LogP contribution in [0.15, 0.2) is 64.2 Å². The van der Waals surface area contributed by atoms with Crippen LogP contribution in [0.3, 0.4) is 0 Å². The number of fused-ring (bicyclic) bond motifs is 5. The molecule has 0 atom stereocenters. The number of rotatable bonds is 0. The second-order valence-electron chi connectivity index (χ2n) is 5.97. The molecule has 5 heteroatoms. The summed E-state index contributed by atoms with van der Waals surface area (Å²) in [6, 6.07) is 15.5. The van der Waals surface area contributed by atoms with E-state index in [1.54, 1.807) is 48.5 Å². The van der Waals surface area contributed by atoms with Gasteiger partial charge < -0.3 is 10.1 Å². The van der Waals surface area contributed by atoms with E-state index in [9.17, 15) is 14.7 Å². The Morgan fingerprint density at radius 2 is 1.56 bits per heavy atom. The van der Waals surface area contributed by atoms with E-state index in [4.69, 9.17) is 0 Å². The lowest BCUT2D eigenvalue weighted by Crippen LogP contribution is -2.13. The molecule has 0 saturated carbocycles. The van der Waals surface area contributed by atoms with Crippen molar-refractivity contribution in [2.45, 2.75) is 0 Å². The van der Waals surface area contributed by atoms with Gasteiger partial charge in [-0.3, -0.25) is 9.59 Å². The summed E-state index contributed by atoms with van der Waals surface area (Å²) in [7, 11) is 0. The molecule has 2 N–H and O–H groups in total. The molecular formula is C20H11NO3S. The van der Waals surface area contributed by atoms with Gasteiger partial charge >= 0.3 is 0 Å². The molecule has 5 aromatic rings. The number of aromatic nitrogens is 1. The molecule has 1 aromatic heterocycles. The van der Waals surface area contributed by atoms with Gasteiger partial charge in [-0.05, 0) is 30.3 Å². The number of benzene rings is 4. The van der Waals surface area contributed by atoms with Crippen molar-refractivity contribution < 1.29 is 5.11 Å². The van der Waals surface area contributed by atoms with Crippen molar-refractivity contribution in [3.05, 3.63) is 75.0 Å². The van der Waals surface area contributed by atoms with Crippen LogP contribution >= 0.6 is 11.3 Å². The highest BCUT2D eigenvalue weighted by Gasteiger charge is 2.14. The van der Waals surface area contributed by atoms with Gasteiger partial charge in [-0.15, -0.1) is 11.3 Å². The number of nitrogens with one attached hydrogen (secondary N) is 1. The zero-order valence-electron chi connectivity index (χ0n) is 12.9. The van der Waals surface area contributed by atoms with Crippen LogP contribution in [0.25, 0.3) is 42.0 Å². The van der Waals surface area contributed by atoms with Crippen molar-refractivity contribution in [2.24, 2.45) is 0 Å². The minimum absolute atomic E-state index is 0.128. The number of hydrogen-bond donors (Lipinski definition) is 2. The Labute approximate surface area is 144 Å². The molecule has 5 rings (SSSR count). The van der Waals surface area contributed by atoms with Gasteiger partial charge in [-0.25, -0.2) is 0 Å². The van der Waals surface area contributed by atoms with Crippen molar-refractivity contribution in [1.82, 2.24) is 4.98 Å². The van der Waals surface area contributed by atoms with Gasteiger partial charge in [0.05, 0.1) is 25.8 Å². The second-order valence-corrected chi connectivity index (χ2v) is 7.06. The molecule has 0 bridgehead atoms. The number of H-pyrrole nitrogens is 1. The predicted molar refractivity (Wildman–Crippen MR) is 103 cm³/mol. The van der Waals surface area contributed by atoms with Crippen LogP contribution in [0.1, 0.15) is 0 Å². The molecule has 0 aliphatic rings. The van der Waals surface area contributed by atoms with Gasteiger partial charge in [0.2, 0.25) is 0 Å². The SMILES string of the molecule is O=c1c2ccccc2c(=O)c2c1ccc1sc3cc(O)ccc3[nH]c12. The third-order valence-electron chi connectivity index (χ3n) is 4.50. The Morgan fingerprint density at radius 1 is 0.800 bits per heavy atom. The normalized spacial score (nSPS) is 11.7. The molecule has 0 spiro atoms. The van der Waals surface area contributed by atoms with Crippen LogP contribution in [-0.4, -0.2) is 10.1 Å². The van der Waals surface area contributed by atoms with Crippen LogP contribution in [0.2, 0.25) is 0 Å². The lowest BCUT2D eigenvalue weighted by molar-refractivity contribution is 0.476. The molecule has 25 heavy (non-hydrogen) atoms. The van der Waals surface area contributed by atoms with E-state index in [2.05, 4.69) is 4.98 Å². The minimum Gasteiger partial charge on any atom is -0.508 e. The maximum atomic E-state index is 13.1. The van der Waals surface area contributed by atoms with E-state index in [1.165, 1.54) is 11.3 Å². The lowest BCUT2D eigenvalue weighted by atomic mass is 10.0. The van der Waals surface area contributed by atoms with Crippen LogP contribution in [0.4, 0.5) is 0 Å². The van der Waals surface area contributed by atoms with Gasteiger partial charge in [0.1, 0.15) is 5.75 Å². The molecule has 4 aromatic carbocycles. The number of phenolic OH excluding ortho intramolecular Hbond substituents is 1. The molecular weight excluding hydrogens is 334 g/mol. The number of aromatic amines is 1. The highest BCUT2D eigenvalue weighted by Crippen LogP contribution is 2.31. The van der Waals surface area contributed by atoms with Gasteiger partial charge in [-0.1, -0.05) is 24.3 Å². The molecule has 1 heterocycles. The van der Waals surface area contributed by atoms with Crippen LogP contribution in [0, 0.1) is 0 Å². The fourth-order valence-electron chi connectivity index (χ4n) is 3.33. The Balaban J connectivity index is 2.09. The third-order valence-corrected chi connectivity index (χ3v) is 5.62. The Bertz CT molecular complexity index is 1450. The van der Waals surface area contributed by atoms with E-state index in [-0.39, 0.29) is 16.6 Å². The summed E-state index contributed by atoms with van der Waals surface area (Å²) in [5.74, 6) is 0.189. The number of phenols is 1. The standard InChI is InChI=1S/C20H11NO3S/c22-10-5-7-14-16(9-10)25-15-8-6-13-17(18(15)21-14)20(24)12-4-2-1-3-11(12)19(13)23/h1-9,21-22H. The van der Waals surface area contributed by atoms with Gasteiger partial charge in [-0.2, -0.15) is 0 Å². The summed E-state index contributed by atoms with van der Waals surface area (Å²) in [6.45, 7) is 0. The molecule has 0 aliphatic carbocycles. The van der Waals surface area contributed by atoms with Crippen LogP contribution in [-0.2, 0) is 0 Å². The molecule has 0 saturated heterocycles. The average Bonchev–Trinajstić information content (AvgIpc) is 2.63. The summed E-state index contributed by atoms with van der Waals surface area (Å²) in [4.78, 5) is 29.1. The van der Waals surface area contributed by atoms with Crippen molar-refractivity contribution in [1.29, 1.82) is 0 Å². The first kappa shape index (κ1) is 14.2. The topological polar surface area (TPSA) is 70.2 Å². The molecule has 0 unspecified atom stereocenters. The molecule has 0 aliphatic heterocycles. The molecule has 4 nitrogen and oxygen atoms in total.